The zero-order valence-corrected chi connectivity index (χ0v) is 12.0. The summed E-state index contributed by atoms with van der Waals surface area (Å²) in [6.07, 6.45) is 0. The van der Waals surface area contributed by atoms with Crippen LogP contribution in [0.3, 0.4) is 0 Å². The number of aryl methyl sites for hydroxylation is 1. The largest absolute Gasteiger partial charge is 0.490 e. The van der Waals surface area contributed by atoms with Crippen LogP contribution in [0.25, 0.3) is 0 Å². The Morgan fingerprint density at radius 2 is 1.85 bits per heavy atom. The van der Waals surface area contributed by atoms with Crippen molar-refractivity contribution in [2.45, 2.75) is 20.8 Å². The van der Waals surface area contributed by atoms with Gasteiger partial charge in [0.15, 0.2) is 11.5 Å². The van der Waals surface area contributed by atoms with Crippen LogP contribution < -0.4 is 14.8 Å². The van der Waals surface area contributed by atoms with E-state index >= 15 is 0 Å². The number of hydrogen-bond donors (Lipinski definition) is 1. The highest BCUT2D eigenvalue weighted by Gasteiger charge is 2.08. The van der Waals surface area contributed by atoms with Crippen LogP contribution in [-0.4, -0.2) is 23.1 Å². The molecule has 106 valence electrons. The normalized spacial score (nSPS) is 10.2. The maximum Gasteiger partial charge on any atom is 0.224 e. The van der Waals surface area contributed by atoms with Crippen LogP contribution in [0.4, 0.5) is 5.82 Å². The lowest BCUT2D eigenvalue weighted by molar-refractivity contribution is 0.319. The highest BCUT2D eigenvalue weighted by molar-refractivity contribution is 5.44. The smallest absolute Gasteiger partial charge is 0.224 e. The summed E-state index contributed by atoms with van der Waals surface area (Å²) in [5, 5.41) is 3.15. The molecule has 5 heteroatoms. The lowest BCUT2D eigenvalue weighted by atomic mass is 10.3. The molecule has 0 radical (unpaired) electrons. The van der Waals surface area contributed by atoms with E-state index in [0.29, 0.717) is 29.8 Å². The molecule has 0 amide bonds. The SMILES string of the molecule is CCNc1cc(Oc2ccccc2OCC)nc(C)n1. The van der Waals surface area contributed by atoms with Gasteiger partial charge in [-0.25, -0.2) is 4.98 Å². The minimum atomic E-state index is 0.501. The first-order chi connectivity index (χ1) is 9.72. The van der Waals surface area contributed by atoms with E-state index in [-0.39, 0.29) is 0 Å². The lowest BCUT2D eigenvalue weighted by Gasteiger charge is -2.11. The van der Waals surface area contributed by atoms with Crippen LogP contribution in [0.2, 0.25) is 0 Å². The Hall–Kier alpha value is -2.30. The molecule has 0 atom stereocenters. The Balaban J connectivity index is 2.25. The van der Waals surface area contributed by atoms with E-state index in [4.69, 9.17) is 9.47 Å². The highest BCUT2D eigenvalue weighted by Crippen LogP contribution is 2.31. The minimum Gasteiger partial charge on any atom is -0.490 e. The second-order valence-electron chi connectivity index (χ2n) is 4.15. The molecule has 0 aliphatic carbocycles. The molecule has 0 fully saturated rings. The topological polar surface area (TPSA) is 56.3 Å². The summed E-state index contributed by atoms with van der Waals surface area (Å²) in [4.78, 5) is 8.57. The van der Waals surface area contributed by atoms with Crippen molar-refractivity contribution < 1.29 is 9.47 Å². The van der Waals surface area contributed by atoms with E-state index in [1.165, 1.54) is 0 Å². The molecule has 1 heterocycles. The summed E-state index contributed by atoms with van der Waals surface area (Å²) in [7, 11) is 0. The van der Waals surface area contributed by atoms with Crippen molar-refractivity contribution in [1.82, 2.24) is 9.97 Å². The quantitative estimate of drug-likeness (QED) is 0.874. The molecule has 2 aromatic rings. The minimum absolute atomic E-state index is 0.501. The molecule has 0 spiro atoms. The number of nitrogens with one attached hydrogen (secondary N) is 1. The average Bonchev–Trinajstić information content (AvgIpc) is 2.41. The van der Waals surface area contributed by atoms with Gasteiger partial charge in [-0.05, 0) is 32.9 Å². The van der Waals surface area contributed by atoms with Crippen molar-refractivity contribution in [3.05, 3.63) is 36.2 Å². The van der Waals surface area contributed by atoms with Gasteiger partial charge in [-0.2, -0.15) is 4.98 Å². The van der Waals surface area contributed by atoms with Crippen molar-refractivity contribution in [2.75, 3.05) is 18.5 Å². The van der Waals surface area contributed by atoms with Crippen LogP contribution in [0.1, 0.15) is 19.7 Å². The van der Waals surface area contributed by atoms with Gasteiger partial charge in [0.1, 0.15) is 11.6 Å². The van der Waals surface area contributed by atoms with E-state index in [1.807, 2.05) is 45.0 Å². The Kier molecular flexibility index (Phi) is 4.76. The number of aromatic nitrogens is 2. The summed E-state index contributed by atoms with van der Waals surface area (Å²) >= 11 is 0. The summed E-state index contributed by atoms with van der Waals surface area (Å²) < 4.78 is 11.3. The Labute approximate surface area is 119 Å². The molecule has 0 bridgehead atoms. The van der Waals surface area contributed by atoms with Gasteiger partial charge in [-0.3, -0.25) is 0 Å². The van der Waals surface area contributed by atoms with Gasteiger partial charge in [0.25, 0.3) is 0 Å². The molecule has 1 N–H and O–H groups in total. The van der Waals surface area contributed by atoms with Gasteiger partial charge in [-0.1, -0.05) is 12.1 Å². The fraction of sp³-hybridized carbons (Fsp3) is 0.333. The average molecular weight is 273 g/mol. The van der Waals surface area contributed by atoms with Crippen molar-refractivity contribution >= 4 is 5.82 Å². The van der Waals surface area contributed by atoms with Gasteiger partial charge < -0.3 is 14.8 Å². The molecule has 0 unspecified atom stereocenters. The zero-order valence-electron chi connectivity index (χ0n) is 12.0. The molecule has 2 rings (SSSR count). The van der Waals surface area contributed by atoms with Gasteiger partial charge in [0.05, 0.1) is 6.61 Å². The van der Waals surface area contributed by atoms with Crippen molar-refractivity contribution in [3.8, 4) is 17.4 Å². The first kappa shape index (κ1) is 14.1. The third-order valence-corrected chi connectivity index (χ3v) is 2.54. The fourth-order valence-corrected chi connectivity index (χ4v) is 1.79. The van der Waals surface area contributed by atoms with Crippen LogP contribution in [-0.2, 0) is 0 Å². The maximum absolute atomic E-state index is 5.81. The second-order valence-corrected chi connectivity index (χ2v) is 4.15. The number of hydrogen-bond acceptors (Lipinski definition) is 5. The number of anilines is 1. The summed E-state index contributed by atoms with van der Waals surface area (Å²) in [5.41, 5.74) is 0. The predicted octanol–water partition coefficient (Wildman–Crippen LogP) is 3.41. The van der Waals surface area contributed by atoms with Crippen molar-refractivity contribution in [3.63, 3.8) is 0 Å². The summed E-state index contributed by atoms with van der Waals surface area (Å²) in [6.45, 7) is 7.18. The summed E-state index contributed by atoms with van der Waals surface area (Å²) in [5.74, 6) is 3.27. The van der Waals surface area contributed by atoms with Crippen LogP contribution in [0.15, 0.2) is 30.3 Å². The fourth-order valence-electron chi connectivity index (χ4n) is 1.79. The number of ether oxygens (including phenoxy) is 2. The number of rotatable bonds is 6. The van der Waals surface area contributed by atoms with E-state index in [9.17, 15) is 0 Å². The van der Waals surface area contributed by atoms with Gasteiger partial charge in [-0.15, -0.1) is 0 Å². The molecule has 0 aliphatic rings. The molecular weight excluding hydrogens is 254 g/mol. The third-order valence-electron chi connectivity index (χ3n) is 2.54. The summed E-state index contributed by atoms with van der Waals surface area (Å²) in [6, 6.07) is 9.32. The van der Waals surface area contributed by atoms with Gasteiger partial charge in [0, 0.05) is 12.6 Å². The standard InChI is InChI=1S/C15H19N3O2/c1-4-16-14-10-15(18-11(3)17-14)20-13-9-7-6-8-12(13)19-5-2/h6-10H,4-5H2,1-3H3,(H,16,17,18). The first-order valence-electron chi connectivity index (χ1n) is 6.72. The van der Waals surface area contributed by atoms with Crippen molar-refractivity contribution in [1.29, 1.82) is 0 Å². The van der Waals surface area contributed by atoms with E-state index in [2.05, 4.69) is 15.3 Å². The van der Waals surface area contributed by atoms with E-state index in [0.717, 1.165) is 12.4 Å². The van der Waals surface area contributed by atoms with Gasteiger partial charge >= 0.3 is 0 Å². The molecule has 0 aliphatic heterocycles. The Bertz CT molecular complexity index is 573. The predicted molar refractivity (Wildman–Crippen MR) is 78.6 cm³/mol. The number of para-hydroxylation sites is 2. The van der Waals surface area contributed by atoms with E-state index in [1.54, 1.807) is 6.07 Å². The monoisotopic (exact) mass is 273 g/mol. The zero-order chi connectivity index (χ0) is 14.4. The third kappa shape index (κ3) is 3.60. The molecular formula is C15H19N3O2. The molecule has 5 nitrogen and oxygen atoms in total. The van der Waals surface area contributed by atoms with Crippen LogP contribution in [0.5, 0.6) is 17.4 Å². The molecule has 0 saturated heterocycles. The maximum atomic E-state index is 5.81. The molecule has 20 heavy (non-hydrogen) atoms. The molecule has 1 aromatic heterocycles. The lowest BCUT2D eigenvalue weighted by Crippen LogP contribution is -2.03. The van der Waals surface area contributed by atoms with Crippen LogP contribution in [0, 0.1) is 6.92 Å². The Morgan fingerprint density at radius 1 is 1.10 bits per heavy atom. The first-order valence-corrected chi connectivity index (χ1v) is 6.72. The van der Waals surface area contributed by atoms with Crippen LogP contribution >= 0.6 is 0 Å². The second kappa shape index (κ2) is 6.75. The number of benzene rings is 1. The highest BCUT2D eigenvalue weighted by atomic mass is 16.5. The van der Waals surface area contributed by atoms with E-state index < -0.39 is 0 Å². The molecule has 1 aromatic carbocycles. The number of nitrogens with zero attached hydrogens (tertiary/aromatic N) is 2. The van der Waals surface area contributed by atoms with Crippen molar-refractivity contribution in [2.24, 2.45) is 0 Å². The molecule has 0 saturated carbocycles. The Morgan fingerprint density at radius 3 is 2.55 bits per heavy atom. The van der Waals surface area contributed by atoms with Gasteiger partial charge in [0.2, 0.25) is 5.88 Å².